The first kappa shape index (κ1) is 17.3. The van der Waals surface area contributed by atoms with E-state index in [0.29, 0.717) is 0 Å². The molecule has 3 atom stereocenters. The quantitative estimate of drug-likeness (QED) is 0.832. The van der Waals surface area contributed by atoms with Crippen LogP contribution in [0.3, 0.4) is 0 Å². The smallest absolute Gasteiger partial charge is 0.392 e. The molecule has 0 amide bonds. The van der Waals surface area contributed by atoms with Gasteiger partial charge in [0.25, 0.3) is 0 Å². The number of halogens is 3. The lowest BCUT2D eigenvalue weighted by Crippen LogP contribution is -2.35. The fraction of sp³-hybridized carbons (Fsp3) is 0.438. The van der Waals surface area contributed by atoms with Gasteiger partial charge >= 0.3 is 12.1 Å². The molecule has 1 aromatic carbocycles. The van der Waals surface area contributed by atoms with Crippen LogP contribution >= 0.6 is 0 Å². The number of benzene rings is 1. The zero-order valence-electron chi connectivity index (χ0n) is 12.0. The Kier molecular flexibility index (Phi) is 6.00. The number of allylic oxidation sites excluding steroid dienone is 1. The maximum Gasteiger partial charge on any atom is 0.392 e. The van der Waals surface area contributed by atoms with E-state index in [9.17, 15) is 18.0 Å². The molecule has 2 nitrogen and oxygen atoms in total. The van der Waals surface area contributed by atoms with E-state index < -0.39 is 29.9 Å². The van der Waals surface area contributed by atoms with Gasteiger partial charge in [-0.3, -0.25) is 4.79 Å². The molecule has 0 aliphatic heterocycles. The molecule has 0 saturated carbocycles. The molecular formula is C16H19F3O2. The van der Waals surface area contributed by atoms with Crippen molar-refractivity contribution in [2.45, 2.75) is 26.4 Å². The van der Waals surface area contributed by atoms with Crippen LogP contribution in [-0.4, -0.2) is 17.3 Å². The monoisotopic (exact) mass is 300 g/mol. The molecule has 0 saturated heterocycles. The molecule has 1 N–H and O–H groups in total. The van der Waals surface area contributed by atoms with Crippen molar-refractivity contribution in [3.8, 4) is 0 Å². The Morgan fingerprint density at radius 2 is 1.86 bits per heavy atom. The Balaban J connectivity index is 3.08. The first-order valence-electron chi connectivity index (χ1n) is 6.80. The molecule has 0 aromatic heterocycles. The Hall–Kier alpha value is -1.78. The van der Waals surface area contributed by atoms with Crippen LogP contribution in [0.2, 0.25) is 0 Å². The number of carboxylic acids is 1. The van der Waals surface area contributed by atoms with E-state index in [1.165, 1.54) is 19.9 Å². The number of carbonyl (C=O) groups is 1. The molecule has 0 unspecified atom stereocenters. The van der Waals surface area contributed by atoms with Gasteiger partial charge in [-0.15, -0.1) is 0 Å². The molecule has 0 heterocycles. The van der Waals surface area contributed by atoms with Gasteiger partial charge in [-0.05, 0) is 12.0 Å². The van der Waals surface area contributed by atoms with Gasteiger partial charge in [0, 0.05) is 5.92 Å². The normalized spacial score (nSPS) is 16.6. The van der Waals surface area contributed by atoms with Crippen molar-refractivity contribution in [1.29, 1.82) is 0 Å². The summed E-state index contributed by atoms with van der Waals surface area (Å²) in [4.78, 5) is 11.1. The summed E-state index contributed by atoms with van der Waals surface area (Å²) < 4.78 is 39.3. The van der Waals surface area contributed by atoms with Crippen molar-refractivity contribution in [2.24, 2.45) is 17.8 Å². The average Bonchev–Trinajstić information content (AvgIpc) is 2.42. The minimum atomic E-state index is -4.41. The summed E-state index contributed by atoms with van der Waals surface area (Å²) in [5.41, 5.74) is 0.747. The standard InChI is InChI=1S/C16H19F3O2/c1-3-14(16(17,18)19)13(11(2)15(20)21)10-9-12-7-5-4-6-8-12/h4-11,13-14H,3H2,1-2H3,(H,20,21)/b10-9+/t11-,13-,14+/m1/s1. The number of rotatable bonds is 6. The van der Waals surface area contributed by atoms with E-state index in [2.05, 4.69) is 0 Å². The summed E-state index contributed by atoms with van der Waals surface area (Å²) in [5.74, 6) is -5.08. The van der Waals surface area contributed by atoms with Crippen molar-refractivity contribution in [1.82, 2.24) is 0 Å². The minimum absolute atomic E-state index is 0.148. The van der Waals surface area contributed by atoms with Crippen LogP contribution in [-0.2, 0) is 4.79 Å². The lowest BCUT2D eigenvalue weighted by molar-refractivity contribution is -0.191. The van der Waals surface area contributed by atoms with Crippen LogP contribution in [0.15, 0.2) is 36.4 Å². The minimum Gasteiger partial charge on any atom is -0.481 e. The molecule has 0 bridgehead atoms. The molecule has 0 spiro atoms. The summed E-state index contributed by atoms with van der Waals surface area (Å²) in [6.45, 7) is 2.74. The number of aliphatic carboxylic acids is 1. The second-order valence-corrected chi connectivity index (χ2v) is 5.03. The summed E-state index contributed by atoms with van der Waals surface area (Å²) in [6, 6.07) is 8.87. The zero-order chi connectivity index (χ0) is 16.0. The van der Waals surface area contributed by atoms with Crippen molar-refractivity contribution < 1.29 is 23.1 Å². The van der Waals surface area contributed by atoms with E-state index >= 15 is 0 Å². The highest BCUT2D eigenvalue weighted by Crippen LogP contribution is 2.39. The lowest BCUT2D eigenvalue weighted by Gasteiger charge is -2.28. The Morgan fingerprint density at radius 3 is 2.29 bits per heavy atom. The molecule has 0 aliphatic rings. The topological polar surface area (TPSA) is 37.3 Å². The Bertz CT molecular complexity index is 480. The summed E-state index contributed by atoms with van der Waals surface area (Å²) in [6.07, 6.45) is -1.64. The molecule has 116 valence electrons. The zero-order valence-corrected chi connectivity index (χ0v) is 12.0. The molecule has 0 radical (unpaired) electrons. The van der Waals surface area contributed by atoms with Crippen molar-refractivity contribution in [3.05, 3.63) is 42.0 Å². The van der Waals surface area contributed by atoms with Gasteiger partial charge in [0.1, 0.15) is 0 Å². The van der Waals surface area contributed by atoms with Gasteiger partial charge in [-0.25, -0.2) is 0 Å². The summed E-state index contributed by atoms with van der Waals surface area (Å²) in [7, 11) is 0. The van der Waals surface area contributed by atoms with Crippen molar-refractivity contribution >= 4 is 12.0 Å². The Morgan fingerprint density at radius 1 is 1.29 bits per heavy atom. The van der Waals surface area contributed by atoms with Crippen LogP contribution in [0.4, 0.5) is 13.2 Å². The highest BCUT2D eigenvalue weighted by Gasteiger charge is 2.45. The predicted octanol–water partition coefficient (Wildman–Crippen LogP) is 4.63. The highest BCUT2D eigenvalue weighted by atomic mass is 19.4. The van der Waals surface area contributed by atoms with E-state index in [1.54, 1.807) is 36.4 Å². The fourth-order valence-corrected chi connectivity index (χ4v) is 2.32. The predicted molar refractivity (Wildman–Crippen MR) is 75.6 cm³/mol. The Labute approximate surface area is 122 Å². The van der Waals surface area contributed by atoms with Gasteiger partial charge in [0.05, 0.1) is 11.8 Å². The van der Waals surface area contributed by atoms with Crippen LogP contribution < -0.4 is 0 Å². The summed E-state index contributed by atoms with van der Waals surface area (Å²) in [5, 5.41) is 9.06. The van der Waals surface area contributed by atoms with E-state index in [4.69, 9.17) is 5.11 Å². The van der Waals surface area contributed by atoms with Crippen LogP contribution in [0.1, 0.15) is 25.8 Å². The number of carboxylic acid groups (broad SMARTS) is 1. The van der Waals surface area contributed by atoms with Gasteiger partial charge < -0.3 is 5.11 Å². The molecule has 1 aromatic rings. The second-order valence-electron chi connectivity index (χ2n) is 5.03. The molecule has 0 fully saturated rings. The SMILES string of the molecule is CC[C@@H]([C@H](/C=C/c1ccccc1)[C@@H](C)C(=O)O)C(F)(F)F. The molecule has 0 aliphatic carbocycles. The molecular weight excluding hydrogens is 281 g/mol. The van der Waals surface area contributed by atoms with Crippen molar-refractivity contribution in [3.63, 3.8) is 0 Å². The lowest BCUT2D eigenvalue weighted by atomic mass is 9.80. The van der Waals surface area contributed by atoms with Gasteiger partial charge in [0.2, 0.25) is 0 Å². The first-order chi connectivity index (χ1) is 9.77. The maximum absolute atomic E-state index is 13.1. The van der Waals surface area contributed by atoms with E-state index in [-0.39, 0.29) is 6.42 Å². The van der Waals surface area contributed by atoms with Crippen LogP contribution in [0.5, 0.6) is 0 Å². The number of hydrogen-bond donors (Lipinski definition) is 1. The molecule has 5 heteroatoms. The maximum atomic E-state index is 13.1. The summed E-state index contributed by atoms with van der Waals surface area (Å²) >= 11 is 0. The van der Waals surface area contributed by atoms with Crippen molar-refractivity contribution in [2.75, 3.05) is 0 Å². The van der Waals surface area contributed by atoms with E-state index in [1.807, 2.05) is 0 Å². The third-order valence-electron chi connectivity index (χ3n) is 3.60. The van der Waals surface area contributed by atoms with Gasteiger partial charge in [0.15, 0.2) is 0 Å². The molecule has 1 rings (SSSR count). The largest absolute Gasteiger partial charge is 0.481 e. The van der Waals surface area contributed by atoms with Crippen LogP contribution in [0, 0.1) is 17.8 Å². The second kappa shape index (κ2) is 7.29. The average molecular weight is 300 g/mol. The number of alkyl halides is 3. The van der Waals surface area contributed by atoms with E-state index in [0.717, 1.165) is 5.56 Å². The van der Waals surface area contributed by atoms with Gasteiger partial charge in [-0.1, -0.05) is 56.3 Å². The number of hydrogen-bond acceptors (Lipinski definition) is 1. The van der Waals surface area contributed by atoms with Gasteiger partial charge in [-0.2, -0.15) is 13.2 Å². The molecule has 21 heavy (non-hydrogen) atoms. The fourth-order valence-electron chi connectivity index (χ4n) is 2.32. The van der Waals surface area contributed by atoms with Crippen LogP contribution in [0.25, 0.3) is 6.08 Å². The first-order valence-corrected chi connectivity index (χ1v) is 6.80. The third-order valence-corrected chi connectivity index (χ3v) is 3.60. The third kappa shape index (κ3) is 4.92. The highest BCUT2D eigenvalue weighted by molar-refractivity contribution is 5.70.